The number of carbonyl (C=O) groups excluding carboxylic acids is 1. The predicted molar refractivity (Wildman–Crippen MR) is 132 cm³/mol. The molecule has 0 radical (unpaired) electrons. The molecule has 3 N–H and O–H groups in total. The lowest BCUT2D eigenvalue weighted by Gasteiger charge is -2.14. The molecular weight excluding hydrogens is 462 g/mol. The fourth-order valence-corrected chi connectivity index (χ4v) is 3.68. The van der Waals surface area contributed by atoms with Gasteiger partial charge < -0.3 is 24.8 Å². The summed E-state index contributed by atoms with van der Waals surface area (Å²) in [6.07, 6.45) is 4.75. The number of para-hydroxylation sites is 1. The number of anilines is 1. The molecule has 4 rings (SSSR count). The van der Waals surface area contributed by atoms with Crippen LogP contribution in [0.25, 0.3) is 17.0 Å². The van der Waals surface area contributed by atoms with E-state index in [0.29, 0.717) is 53.7 Å². The number of phenolic OH excluding ortho intramolecular Hbond substituents is 1. The molecule has 186 valence electrons. The molecule has 1 atom stereocenters. The summed E-state index contributed by atoms with van der Waals surface area (Å²) < 4.78 is 17.5. The third kappa shape index (κ3) is 5.41. The van der Waals surface area contributed by atoms with Crippen LogP contribution in [0, 0.1) is 17.8 Å². The SMILES string of the molecule is COC(=O)C(c1cc(OCCCC#Cc2cn3cc(-c4ccccc4O)nc3nc2N)no1)C(C)C. The van der Waals surface area contributed by atoms with Crippen molar-refractivity contribution in [3.63, 3.8) is 0 Å². The van der Waals surface area contributed by atoms with Gasteiger partial charge in [-0.3, -0.25) is 9.20 Å². The Bertz CT molecular complexity index is 1430. The van der Waals surface area contributed by atoms with Gasteiger partial charge in [0.25, 0.3) is 5.88 Å². The van der Waals surface area contributed by atoms with Gasteiger partial charge >= 0.3 is 5.97 Å². The molecule has 0 bridgehead atoms. The van der Waals surface area contributed by atoms with E-state index >= 15 is 0 Å². The van der Waals surface area contributed by atoms with Crippen molar-refractivity contribution < 1.29 is 23.9 Å². The topological polar surface area (TPSA) is 138 Å². The lowest BCUT2D eigenvalue weighted by Crippen LogP contribution is -2.19. The number of unbranched alkanes of at least 4 members (excludes halogenated alkanes) is 1. The second-order valence-corrected chi connectivity index (χ2v) is 8.46. The number of benzene rings is 1. The molecule has 0 aliphatic rings. The van der Waals surface area contributed by atoms with E-state index in [0.717, 1.165) is 0 Å². The number of rotatable bonds is 8. The Balaban J connectivity index is 1.34. The average Bonchev–Trinajstić information content (AvgIpc) is 3.48. The van der Waals surface area contributed by atoms with Crippen molar-refractivity contribution in [3.8, 4) is 34.7 Å². The van der Waals surface area contributed by atoms with Gasteiger partial charge in [-0.05, 0) is 29.6 Å². The number of nitrogens with two attached hydrogens (primary N) is 1. The van der Waals surface area contributed by atoms with Crippen LogP contribution in [0.3, 0.4) is 0 Å². The van der Waals surface area contributed by atoms with Crippen LogP contribution in [0.5, 0.6) is 11.6 Å². The van der Waals surface area contributed by atoms with Crippen LogP contribution in [0.2, 0.25) is 0 Å². The minimum absolute atomic E-state index is 0.00549. The number of methoxy groups -OCH3 is 1. The smallest absolute Gasteiger partial charge is 0.316 e. The molecule has 4 aromatic rings. The molecule has 0 fully saturated rings. The first-order valence-corrected chi connectivity index (χ1v) is 11.5. The first kappa shape index (κ1) is 24.6. The first-order chi connectivity index (χ1) is 17.4. The lowest BCUT2D eigenvalue weighted by atomic mass is 9.93. The summed E-state index contributed by atoms with van der Waals surface area (Å²) >= 11 is 0. The highest BCUT2D eigenvalue weighted by molar-refractivity contribution is 5.77. The van der Waals surface area contributed by atoms with Crippen molar-refractivity contribution in [1.82, 2.24) is 19.5 Å². The van der Waals surface area contributed by atoms with Gasteiger partial charge in [-0.1, -0.05) is 37.8 Å². The molecule has 0 aliphatic carbocycles. The Morgan fingerprint density at radius 3 is 2.81 bits per heavy atom. The molecule has 10 nitrogen and oxygen atoms in total. The number of imidazole rings is 1. The molecule has 0 saturated heterocycles. The van der Waals surface area contributed by atoms with Crippen molar-refractivity contribution in [1.29, 1.82) is 0 Å². The molecule has 0 aliphatic heterocycles. The normalized spacial score (nSPS) is 11.8. The summed E-state index contributed by atoms with van der Waals surface area (Å²) in [5, 5.41) is 14.0. The van der Waals surface area contributed by atoms with E-state index < -0.39 is 5.92 Å². The Labute approximate surface area is 208 Å². The maximum atomic E-state index is 12.0. The number of aromatic nitrogens is 4. The van der Waals surface area contributed by atoms with Crippen LogP contribution in [-0.2, 0) is 9.53 Å². The fourth-order valence-electron chi connectivity index (χ4n) is 3.68. The van der Waals surface area contributed by atoms with Gasteiger partial charge in [-0.2, -0.15) is 4.98 Å². The highest BCUT2D eigenvalue weighted by Gasteiger charge is 2.29. The van der Waals surface area contributed by atoms with Crippen molar-refractivity contribution in [2.24, 2.45) is 5.92 Å². The Kier molecular flexibility index (Phi) is 7.39. The van der Waals surface area contributed by atoms with Crippen LogP contribution in [0.1, 0.15) is 43.9 Å². The molecule has 1 unspecified atom stereocenters. The van der Waals surface area contributed by atoms with Crippen LogP contribution in [-0.4, -0.2) is 44.3 Å². The molecule has 3 aromatic heterocycles. The van der Waals surface area contributed by atoms with Gasteiger partial charge in [0.1, 0.15) is 17.5 Å². The van der Waals surface area contributed by atoms with Gasteiger partial charge in [0.2, 0.25) is 5.78 Å². The second kappa shape index (κ2) is 10.8. The number of hydrogen-bond donors (Lipinski definition) is 2. The van der Waals surface area contributed by atoms with Crippen molar-refractivity contribution in [2.75, 3.05) is 19.5 Å². The largest absolute Gasteiger partial charge is 0.507 e. The number of aromatic hydroxyl groups is 1. The van der Waals surface area contributed by atoms with Crippen LogP contribution in [0.15, 0.2) is 47.2 Å². The maximum Gasteiger partial charge on any atom is 0.316 e. The standard InChI is InChI=1S/C26H27N5O5/c1-16(2)23(25(33)34-3)21-13-22(30-36-21)35-12-8-4-5-9-17-14-31-15-19(28-26(31)29-24(17)27)18-10-6-7-11-20(18)32/h6-7,10-11,13-16,23,32H,4,8,12H2,1-3H3,(H2,27,28,29). The van der Waals surface area contributed by atoms with Crippen LogP contribution >= 0.6 is 0 Å². The first-order valence-electron chi connectivity index (χ1n) is 11.5. The Morgan fingerprint density at radius 2 is 2.06 bits per heavy atom. The lowest BCUT2D eigenvalue weighted by molar-refractivity contribution is -0.144. The third-order valence-corrected chi connectivity index (χ3v) is 5.51. The highest BCUT2D eigenvalue weighted by atomic mass is 16.5. The van der Waals surface area contributed by atoms with E-state index in [9.17, 15) is 9.90 Å². The van der Waals surface area contributed by atoms with Crippen molar-refractivity contribution in [3.05, 3.63) is 54.0 Å². The van der Waals surface area contributed by atoms with Crippen LogP contribution < -0.4 is 10.5 Å². The zero-order valence-corrected chi connectivity index (χ0v) is 20.3. The molecule has 3 heterocycles. The Morgan fingerprint density at radius 1 is 1.25 bits per heavy atom. The summed E-state index contributed by atoms with van der Waals surface area (Å²) in [6, 6.07) is 8.58. The van der Waals surface area contributed by atoms with Crippen molar-refractivity contribution >= 4 is 17.6 Å². The minimum Gasteiger partial charge on any atom is -0.507 e. The molecule has 10 heteroatoms. The van der Waals surface area contributed by atoms with E-state index in [1.165, 1.54) is 7.11 Å². The van der Waals surface area contributed by atoms with E-state index in [4.69, 9.17) is 19.7 Å². The van der Waals surface area contributed by atoms with E-state index in [1.807, 2.05) is 19.9 Å². The number of hydrogen-bond acceptors (Lipinski definition) is 9. The number of phenols is 1. The Hall–Kier alpha value is -4.52. The van der Waals surface area contributed by atoms with Gasteiger partial charge in [0.15, 0.2) is 5.76 Å². The van der Waals surface area contributed by atoms with Gasteiger partial charge in [0.05, 0.1) is 25.0 Å². The molecule has 0 saturated carbocycles. The predicted octanol–water partition coefficient (Wildman–Crippen LogP) is 3.80. The minimum atomic E-state index is -0.535. The molecule has 1 aromatic carbocycles. The van der Waals surface area contributed by atoms with Crippen molar-refractivity contribution in [2.45, 2.75) is 32.6 Å². The second-order valence-electron chi connectivity index (χ2n) is 8.46. The van der Waals surface area contributed by atoms with E-state index in [2.05, 4.69) is 27.0 Å². The fraction of sp³-hybridized carbons (Fsp3) is 0.308. The zero-order valence-electron chi connectivity index (χ0n) is 20.3. The molecule has 0 spiro atoms. The number of ether oxygens (including phenoxy) is 2. The zero-order chi connectivity index (χ0) is 25.7. The summed E-state index contributed by atoms with van der Waals surface area (Å²) in [5.74, 6) is 6.76. The average molecular weight is 490 g/mol. The number of fused-ring (bicyclic) bond motifs is 1. The quantitative estimate of drug-likeness (QED) is 0.215. The monoisotopic (exact) mass is 489 g/mol. The third-order valence-electron chi connectivity index (χ3n) is 5.51. The molecular formula is C26H27N5O5. The van der Waals surface area contributed by atoms with Gasteiger partial charge in [-0.15, -0.1) is 0 Å². The summed E-state index contributed by atoms with van der Waals surface area (Å²) in [7, 11) is 1.34. The summed E-state index contributed by atoms with van der Waals surface area (Å²) in [6.45, 7) is 4.19. The number of nitrogen functional groups attached to an aromatic ring is 1. The van der Waals surface area contributed by atoms with E-state index in [-0.39, 0.29) is 23.5 Å². The summed E-state index contributed by atoms with van der Waals surface area (Å²) in [4.78, 5) is 20.8. The number of nitrogens with zero attached hydrogens (tertiary/aromatic N) is 4. The molecule has 36 heavy (non-hydrogen) atoms. The van der Waals surface area contributed by atoms with E-state index in [1.54, 1.807) is 41.1 Å². The maximum absolute atomic E-state index is 12.0. The summed E-state index contributed by atoms with van der Waals surface area (Å²) in [5.41, 5.74) is 7.84. The highest BCUT2D eigenvalue weighted by Crippen LogP contribution is 2.29. The molecule has 0 amide bonds. The van der Waals surface area contributed by atoms with Gasteiger partial charge in [-0.25, -0.2) is 4.98 Å². The number of esters is 1. The number of carbonyl (C=O) groups is 1. The van der Waals surface area contributed by atoms with Crippen LogP contribution in [0.4, 0.5) is 5.82 Å². The van der Waals surface area contributed by atoms with Gasteiger partial charge in [0, 0.05) is 30.4 Å².